The zero-order chi connectivity index (χ0) is 13.6. The van der Waals surface area contributed by atoms with Crippen molar-refractivity contribution in [2.75, 3.05) is 20.0 Å². The molecular formula is C10H18O7S. The fraction of sp³-hybridized carbons (Fsp3) is 1.00. The Balaban J connectivity index is 2.04. The number of fused-ring (bicyclic) bond motifs is 1. The van der Waals surface area contributed by atoms with Gasteiger partial charge in [-0.3, -0.25) is 4.18 Å². The average molecular weight is 282 g/mol. The molecule has 18 heavy (non-hydrogen) atoms. The Morgan fingerprint density at radius 3 is 2.39 bits per heavy atom. The maximum atomic E-state index is 11.0. The van der Waals surface area contributed by atoms with Crippen LogP contribution in [0.5, 0.6) is 0 Å². The quantitative estimate of drug-likeness (QED) is 0.663. The summed E-state index contributed by atoms with van der Waals surface area (Å²) in [5.74, 6) is -0.737. The van der Waals surface area contributed by atoms with Gasteiger partial charge in [0.25, 0.3) is 10.1 Å². The van der Waals surface area contributed by atoms with Crippen LogP contribution in [0.4, 0.5) is 0 Å². The Kier molecular flexibility index (Phi) is 3.69. The summed E-state index contributed by atoms with van der Waals surface area (Å²) in [6.45, 7) is 3.46. The second-order valence-electron chi connectivity index (χ2n) is 4.83. The van der Waals surface area contributed by atoms with Gasteiger partial charge in [0.15, 0.2) is 12.1 Å². The highest BCUT2D eigenvalue weighted by molar-refractivity contribution is 7.85. The summed E-state index contributed by atoms with van der Waals surface area (Å²) in [6.07, 6.45) is -0.894. The third-order valence-corrected chi connectivity index (χ3v) is 3.35. The first-order chi connectivity index (χ1) is 8.22. The van der Waals surface area contributed by atoms with E-state index in [1.54, 1.807) is 13.8 Å². The van der Waals surface area contributed by atoms with Crippen molar-refractivity contribution in [3.63, 3.8) is 0 Å². The van der Waals surface area contributed by atoms with E-state index >= 15 is 0 Å². The number of hydrogen-bond donors (Lipinski definition) is 0. The van der Waals surface area contributed by atoms with Crippen molar-refractivity contribution in [1.82, 2.24) is 0 Å². The van der Waals surface area contributed by atoms with Gasteiger partial charge in [-0.15, -0.1) is 0 Å². The lowest BCUT2D eigenvalue weighted by Gasteiger charge is -2.23. The third-order valence-electron chi connectivity index (χ3n) is 2.79. The van der Waals surface area contributed by atoms with Gasteiger partial charge in [-0.25, -0.2) is 0 Å². The van der Waals surface area contributed by atoms with E-state index in [4.69, 9.17) is 23.1 Å². The molecule has 0 unspecified atom stereocenters. The molecule has 4 atom stereocenters. The van der Waals surface area contributed by atoms with Gasteiger partial charge in [-0.2, -0.15) is 8.42 Å². The van der Waals surface area contributed by atoms with Gasteiger partial charge in [-0.05, 0) is 13.8 Å². The summed E-state index contributed by atoms with van der Waals surface area (Å²) in [6, 6.07) is 0. The van der Waals surface area contributed by atoms with Gasteiger partial charge < -0.3 is 18.9 Å². The van der Waals surface area contributed by atoms with Crippen molar-refractivity contribution in [1.29, 1.82) is 0 Å². The first kappa shape index (κ1) is 14.2. The zero-order valence-corrected chi connectivity index (χ0v) is 11.6. The van der Waals surface area contributed by atoms with Crippen molar-refractivity contribution in [2.24, 2.45) is 0 Å². The molecule has 2 saturated heterocycles. The molecular weight excluding hydrogens is 264 g/mol. The molecule has 0 aromatic heterocycles. The smallest absolute Gasteiger partial charge is 0.264 e. The van der Waals surface area contributed by atoms with E-state index in [2.05, 4.69) is 0 Å². The highest BCUT2D eigenvalue weighted by Crippen LogP contribution is 2.38. The van der Waals surface area contributed by atoms with Crippen molar-refractivity contribution in [2.45, 2.75) is 44.2 Å². The van der Waals surface area contributed by atoms with E-state index in [1.165, 1.54) is 7.11 Å². The molecule has 0 N–H and O–H groups in total. The Labute approximate surface area is 106 Å². The molecule has 0 aromatic carbocycles. The van der Waals surface area contributed by atoms with E-state index in [1.807, 2.05) is 0 Å². The number of methoxy groups -OCH3 is 1. The van der Waals surface area contributed by atoms with E-state index in [0.717, 1.165) is 6.26 Å². The normalized spacial score (nSPS) is 38.9. The van der Waals surface area contributed by atoms with Crippen LogP contribution in [0.15, 0.2) is 0 Å². The van der Waals surface area contributed by atoms with E-state index in [-0.39, 0.29) is 12.7 Å². The summed E-state index contributed by atoms with van der Waals surface area (Å²) >= 11 is 0. The number of ether oxygens (including phenoxy) is 4. The van der Waals surface area contributed by atoms with Gasteiger partial charge in [0.2, 0.25) is 0 Å². The Hall–Kier alpha value is -0.250. The zero-order valence-electron chi connectivity index (χ0n) is 10.8. The molecule has 0 spiro atoms. The van der Waals surface area contributed by atoms with Crippen molar-refractivity contribution >= 4 is 10.1 Å². The maximum Gasteiger partial charge on any atom is 0.264 e. The van der Waals surface area contributed by atoms with Crippen LogP contribution in [0.25, 0.3) is 0 Å². The topological polar surface area (TPSA) is 80.3 Å². The van der Waals surface area contributed by atoms with Crippen LogP contribution in [0.3, 0.4) is 0 Å². The summed E-state index contributed by atoms with van der Waals surface area (Å²) in [4.78, 5) is 0. The molecule has 2 aliphatic heterocycles. The molecule has 2 rings (SSSR count). The van der Waals surface area contributed by atoms with Gasteiger partial charge in [-0.1, -0.05) is 0 Å². The summed E-state index contributed by atoms with van der Waals surface area (Å²) in [5, 5.41) is 0. The van der Waals surface area contributed by atoms with Crippen LogP contribution >= 0.6 is 0 Å². The first-order valence-corrected chi connectivity index (χ1v) is 7.42. The molecule has 0 saturated carbocycles. The van der Waals surface area contributed by atoms with Gasteiger partial charge in [0, 0.05) is 7.11 Å². The lowest BCUT2D eigenvalue weighted by Crippen LogP contribution is -2.33. The monoisotopic (exact) mass is 282 g/mol. The Bertz CT molecular complexity index is 404. The van der Waals surface area contributed by atoms with Gasteiger partial charge >= 0.3 is 0 Å². The molecule has 7 nitrogen and oxygen atoms in total. The van der Waals surface area contributed by atoms with Crippen molar-refractivity contribution < 1.29 is 31.5 Å². The fourth-order valence-corrected chi connectivity index (χ4v) is 2.54. The standard InChI is InChI=1S/C10H18O7S/c1-10(2)16-7-6(5-14-18(4,11)12)15-9(13-3)8(7)17-10/h6-9H,5H2,1-4H3/t6-,7+,8-,9+/m1/s1. The van der Waals surface area contributed by atoms with Crippen LogP contribution in [0, 0.1) is 0 Å². The van der Waals surface area contributed by atoms with E-state index < -0.39 is 34.4 Å². The summed E-state index contributed by atoms with van der Waals surface area (Å²) in [7, 11) is -2.01. The molecule has 0 aromatic rings. The SMILES string of the molecule is CO[C@H]1O[C@H](COS(C)(=O)=O)[C@@H]2OC(C)(C)O[C@@H]12. The molecule has 8 heteroatoms. The molecule has 0 bridgehead atoms. The van der Waals surface area contributed by atoms with Crippen LogP contribution in [-0.4, -0.2) is 58.8 Å². The van der Waals surface area contributed by atoms with Gasteiger partial charge in [0.05, 0.1) is 12.9 Å². The minimum absolute atomic E-state index is 0.112. The third kappa shape index (κ3) is 3.01. The van der Waals surface area contributed by atoms with Gasteiger partial charge in [0.1, 0.15) is 18.3 Å². The average Bonchev–Trinajstić information content (AvgIpc) is 2.67. The van der Waals surface area contributed by atoms with Crippen molar-refractivity contribution in [3.8, 4) is 0 Å². The largest absolute Gasteiger partial charge is 0.353 e. The number of rotatable bonds is 4. The molecule has 2 aliphatic rings. The molecule has 0 radical (unpaired) electrons. The molecule has 106 valence electrons. The molecule has 2 fully saturated rings. The molecule has 0 amide bonds. The minimum atomic E-state index is -3.51. The predicted molar refractivity (Wildman–Crippen MR) is 60.3 cm³/mol. The lowest BCUT2D eigenvalue weighted by molar-refractivity contribution is -0.229. The molecule has 2 heterocycles. The lowest BCUT2D eigenvalue weighted by atomic mass is 10.1. The molecule has 0 aliphatic carbocycles. The maximum absolute atomic E-state index is 11.0. The van der Waals surface area contributed by atoms with Crippen LogP contribution in [0.1, 0.15) is 13.8 Å². The second kappa shape index (κ2) is 4.69. The minimum Gasteiger partial charge on any atom is -0.353 e. The van der Waals surface area contributed by atoms with Crippen LogP contribution < -0.4 is 0 Å². The van der Waals surface area contributed by atoms with Crippen LogP contribution in [0.2, 0.25) is 0 Å². The summed E-state index contributed by atoms with van der Waals surface area (Å²) < 4.78 is 48.7. The van der Waals surface area contributed by atoms with E-state index in [9.17, 15) is 8.42 Å². The Morgan fingerprint density at radius 1 is 1.22 bits per heavy atom. The predicted octanol–water partition coefficient (Wildman–Crippen LogP) is -0.146. The van der Waals surface area contributed by atoms with Crippen LogP contribution in [-0.2, 0) is 33.2 Å². The highest BCUT2D eigenvalue weighted by atomic mass is 32.2. The number of hydrogen-bond acceptors (Lipinski definition) is 7. The summed E-state index contributed by atoms with van der Waals surface area (Å²) in [5.41, 5.74) is 0. The fourth-order valence-electron chi connectivity index (χ4n) is 2.16. The Morgan fingerprint density at radius 2 is 1.83 bits per heavy atom. The van der Waals surface area contributed by atoms with E-state index in [0.29, 0.717) is 0 Å². The second-order valence-corrected chi connectivity index (χ2v) is 6.48. The highest BCUT2D eigenvalue weighted by Gasteiger charge is 2.55. The first-order valence-electron chi connectivity index (χ1n) is 5.60. The van der Waals surface area contributed by atoms with Crippen molar-refractivity contribution in [3.05, 3.63) is 0 Å².